The Morgan fingerprint density at radius 1 is 1.13 bits per heavy atom. The lowest BCUT2D eigenvalue weighted by Crippen LogP contribution is -1.90. The Hall–Kier alpha value is -1.77. The summed E-state index contributed by atoms with van der Waals surface area (Å²) in [6.07, 6.45) is 2.27. The minimum atomic E-state index is 0.711. The zero-order valence-electron chi connectivity index (χ0n) is 9.11. The lowest BCUT2D eigenvalue weighted by Gasteiger charge is -2.08. The van der Waals surface area contributed by atoms with Gasteiger partial charge in [-0.3, -0.25) is 4.79 Å². The van der Waals surface area contributed by atoms with Crippen LogP contribution >= 0.6 is 0 Å². The van der Waals surface area contributed by atoms with E-state index < -0.39 is 0 Å². The highest BCUT2D eigenvalue weighted by molar-refractivity contribution is 5.81. The molecule has 3 heteroatoms. The van der Waals surface area contributed by atoms with Crippen LogP contribution in [0.2, 0.25) is 0 Å². The maximum absolute atomic E-state index is 10.4. The SMILES string of the molecule is COc1cc(OC)cc(C(C)=CC=O)c1. The van der Waals surface area contributed by atoms with E-state index in [1.807, 2.05) is 19.1 Å². The van der Waals surface area contributed by atoms with E-state index in [0.717, 1.165) is 17.4 Å². The van der Waals surface area contributed by atoms with E-state index in [1.54, 1.807) is 20.3 Å². The summed E-state index contributed by atoms with van der Waals surface area (Å²) in [6, 6.07) is 5.51. The van der Waals surface area contributed by atoms with Crippen molar-refractivity contribution >= 4 is 11.9 Å². The fraction of sp³-hybridized carbons (Fsp3) is 0.250. The summed E-state index contributed by atoms with van der Waals surface area (Å²) in [4.78, 5) is 10.4. The van der Waals surface area contributed by atoms with Crippen LogP contribution in [0, 0.1) is 0 Å². The summed E-state index contributed by atoms with van der Waals surface area (Å²) >= 11 is 0. The molecule has 0 spiro atoms. The summed E-state index contributed by atoms with van der Waals surface area (Å²) in [5, 5.41) is 0. The van der Waals surface area contributed by atoms with Gasteiger partial charge in [0.05, 0.1) is 14.2 Å². The zero-order chi connectivity index (χ0) is 11.3. The minimum absolute atomic E-state index is 0.711. The Morgan fingerprint density at radius 3 is 2.07 bits per heavy atom. The number of ether oxygens (including phenoxy) is 2. The first-order valence-corrected chi connectivity index (χ1v) is 4.56. The molecular weight excluding hydrogens is 192 g/mol. The smallest absolute Gasteiger partial charge is 0.143 e. The Kier molecular flexibility index (Phi) is 3.92. The average molecular weight is 206 g/mol. The number of benzene rings is 1. The van der Waals surface area contributed by atoms with Crippen molar-refractivity contribution in [1.29, 1.82) is 0 Å². The average Bonchev–Trinajstić information content (AvgIpc) is 2.28. The summed E-state index contributed by atoms with van der Waals surface area (Å²) in [7, 11) is 3.19. The first kappa shape index (κ1) is 11.3. The van der Waals surface area contributed by atoms with Crippen molar-refractivity contribution in [2.75, 3.05) is 14.2 Å². The second-order valence-corrected chi connectivity index (χ2v) is 3.09. The van der Waals surface area contributed by atoms with Crippen LogP contribution < -0.4 is 9.47 Å². The van der Waals surface area contributed by atoms with E-state index in [1.165, 1.54) is 6.08 Å². The quantitative estimate of drug-likeness (QED) is 0.560. The fourth-order valence-electron chi connectivity index (χ4n) is 1.23. The van der Waals surface area contributed by atoms with Crippen molar-refractivity contribution in [2.24, 2.45) is 0 Å². The normalized spacial score (nSPS) is 11.0. The Balaban J connectivity index is 3.17. The van der Waals surface area contributed by atoms with Crippen LogP contribution in [0.1, 0.15) is 12.5 Å². The highest BCUT2D eigenvalue weighted by Gasteiger charge is 2.02. The first-order valence-electron chi connectivity index (χ1n) is 4.56. The van der Waals surface area contributed by atoms with Gasteiger partial charge in [-0.15, -0.1) is 0 Å². The van der Waals surface area contributed by atoms with Gasteiger partial charge in [0, 0.05) is 6.07 Å². The van der Waals surface area contributed by atoms with Gasteiger partial charge in [0.15, 0.2) is 0 Å². The molecule has 0 aliphatic rings. The minimum Gasteiger partial charge on any atom is -0.497 e. The Bertz CT molecular complexity index is 358. The maximum Gasteiger partial charge on any atom is 0.143 e. The molecule has 0 heterocycles. The van der Waals surface area contributed by atoms with Gasteiger partial charge in [0.1, 0.15) is 17.8 Å². The largest absolute Gasteiger partial charge is 0.497 e. The molecule has 15 heavy (non-hydrogen) atoms. The molecule has 0 aliphatic carbocycles. The van der Waals surface area contributed by atoms with E-state index >= 15 is 0 Å². The molecular formula is C12H14O3. The lowest BCUT2D eigenvalue weighted by molar-refractivity contribution is -0.104. The number of methoxy groups -OCH3 is 2. The zero-order valence-corrected chi connectivity index (χ0v) is 9.11. The second-order valence-electron chi connectivity index (χ2n) is 3.09. The van der Waals surface area contributed by atoms with Crippen molar-refractivity contribution in [3.63, 3.8) is 0 Å². The van der Waals surface area contributed by atoms with Gasteiger partial charge in [-0.2, -0.15) is 0 Å². The number of aldehydes is 1. The van der Waals surface area contributed by atoms with Gasteiger partial charge in [0.2, 0.25) is 0 Å². The number of hydrogen-bond donors (Lipinski definition) is 0. The van der Waals surface area contributed by atoms with Crippen LogP contribution in [-0.2, 0) is 4.79 Å². The third-order valence-electron chi connectivity index (χ3n) is 2.12. The molecule has 0 atom stereocenters. The number of allylic oxidation sites excluding steroid dienone is 2. The molecule has 0 saturated carbocycles. The molecule has 1 aromatic rings. The standard InChI is InChI=1S/C12H14O3/c1-9(4-5-13)10-6-11(14-2)8-12(7-10)15-3/h4-8H,1-3H3. The summed E-state index contributed by atoms with van der Waals surface area (Å²) < 4.78 is 10.3. The predicted octanol–water partition coefficient (Wildman–Crippen LogP) is 2.31. The predicted molar refractivity (Wildman–Crippen MR) is 59.3 cm³/mol. The third kappa shape index (κ3) is 2.84. The van der Waals surface area contributed by atoms with Crippen LogP contribution in [0.25, 0.3) is 5.57 Å². The molecule has 0 aliphatic heterocycles. The molecule has 0 fully saturated rings. The number of carbonyl (C=O) groups excluding carboxylic acids is 1. The summed E-state index contributed by atoms with van der Waals surface area (Å²) in [5.74, 6) is 1.42. The number of hydrogen-bond acceptors (Lipinski definition) is 3. The lowest BCUT2D eigenvalue weighted by atomic mass is 10.1. The number of rotatable bonds is 4. The van der Waals surface area contributed by atoms with Gasteiger partial charge >= 0.3 is 0 Å². The van der Waals surface area contributed by atoms with Crippen LogP contribution in [0.4, 0.5) is 0 Å². The number of carbonyl (C=O) groups is 1. The van der Waals surface area contributed by atoms with Crippen LogP contribution in [0.15, 0.2) is 24.3 Å². The molecule has 1 aromatic carbocycles. The van der Waals surface area contributed by atoms with Gasteiger partial charge < -0.3 is 9.47 Å². The molecule has 0 aromatic heterocycles. The first-order chi connectivity index (χ1) is 7.21. The molecule has 3 nitrogen and oxygen atoms in total. The van der Waals surface area contributed by atoms with Gasteiger partial charge in [0.25, 0.3) is 0 Å². The van der Waals surface area contributed by atoms with Crippen LogP contribution in [0.3, 0.4) is 0 Å². The van der Waals surface area contributed by atoms with Gasteiger partial charge in [-0.25, -0.2) is 0 Å². The summed E-state index contributed by atoms with van der Waals surface area (Å²) in [5.41, 5.74) is 1.79. The van der Waals surface area contributed by atoms with E-state index in [-0.39, 0.29) is 0 Å². The van der Waals surface area contributed by atoms with E-state index in [0.29, 0.717) is 11.5 Å². The van der Waals surface area contributed by atoms with E-state index in [9.17, 15) is 4.79 Å². The highest BCUT2D eigenvalue weighted by Crippen LogP contribution is 2.26. The van der Waals surface area contributed by atoms with Crippen LogP contribution in [0.5, 0.6) is 11.5 Å². The molecule has 0 N–H and O–H groups in total. The van der Waals surface area contributed by atoms with Crippen molar-refractivity contribution in [3.05, 3.63) is 29.8 Å². The second kappa shape index (κ2) is 5.20. The van der Waals surface area contributed by atoms with Crippen molar-refractivity contribution in [3.8, 4) is 11.5 Å². The maximum atomic E-state index is 10.4. The van der Waals surface area contributed by atoms with Crippen molar-refractivity contribution in [2.45, 2.75) is 6.92 Å². The Morgan fingerprint density at radius 2 is 1.67 bits per heavy atom. The molecule has 80 valence electrons. The Labute approximate surface area is 89.3 Å². The van der Waals surface area contributed by atoms with Gasteiger partial charge in [-0.05, 0) is 36.3 Å². The topological polar surface area (TPSA) is 35.5 Å². The highest BCUT2D eigenvalue weighted by atomic mass is 16.5. The third-order valence-corrected chi connectivity index (χ3v) is 2.12. The monoisotopic (exact) mass is 206 g/mol. The van der Waals surface area contributed by atoms with Gasteiger partial charge in [-0.1, -0.05) is 0 Å². The molecule has 0 radical (unpaired) electrons. The van der Waals surface area contributed by atoms with E-state index in [2.05, 4.69) is 0 Å². The molecule has 0 bridgehead atoms. The van der Waals surface area contributed by atoms with E-state index in [4.69, 9.17) is 9.47 Å². The molecule has 0 saturated heterocycles. The fourth-order valence-corrected chi connectivity index (χ4v) is 1.23. The van der Waals surface area contributed by atoms with Crippen LogP contribution in [-0.4, -0.2) is 20.5 Å². The van der Waals surface area contributed by atoms with Crippen molar-refractivity contribution in [1.82, 2.24) is 0 Å². The van der Waals surface area contributed by atoms with Crippen molar-refractivity contribution < 1.29 is 14.3 Å². The molecule has 1 rings (SSSR count). The summed E-state index contributed by atoms with van der Waals surface area (Å²) in [6.45, 7) is 1.86. The molecule has 0 amide bonds. The molecule has 0 unspecified atom stereocenters.